The van der Waals surface area contributed by atoms with Crippen LogP contribution in [0.25, 0.3) is 0 Å². The van der Waals surface area contributed by atoms with E-state index in [1.54, 1.807) is 36.4 Å². The maximum atomic E-state index is 12.4. The smallest absolute Gasteiger partial charge is 0.157 e. The number of hydrogen-bond donors (Lipinski definition) is 1. The van der Waals surface area contributed by atoms with Crippen molar-refractivity contribution in [2.75, 3.05) is 5.75 Å². The molecule has 118 valence electrons. The van der Waals surface area contributed by atoms with Gasteiger partial charge in [0.25, 0.3) is 0 Å². The molecule has 0 aliphatic carbocycles. The summed E-state index contributed by atoms with van der Waals surface area (Å²) in [6.07, 6.45) is 0. The summed E-state index contributed by atoms with van der Waals surface area (Å²) in [6.45, 7) is 1.49. The molecule has 0 aliphatic heterocycles. The molecule has 0 saturated heterocycles. The molecular weight excluding hydrogens is 343 g/mol. The number of halogens is 2. The van der Waals surface area contributed by atoms with Gasteiger partial charge in [-0.05, 0) is 30.2 Å². The van der Waals surface area contributed by atoms with Crippen LogP contribution in [0.5, 0.6) is 0 Å². The first-order chi connectivity index (χ1) is 10.2. The van der Waals surface area contributed by atoms with E-state index in [4.69, 9.17) is 23.2 Å². The van der Waals surface area contributed by atoms with Crippen LogP contribution in [0.2, 0.25) is 10.0 Å². The lowest BCUT2D eigenvalue weighted by molar-refractivity contribution is 0.0819. The van der Waals surface area contributed by atoms with Crippen LogP contribution in [0, 0.1) is 0 Å². The fraction of sp³-hybridized carbons (Fsp3) is 0.250. The Morgan fingerprint density at radius 3 is 2.32 bits per heavy atom. The van der Waals surface area contributed by atoms with Gasteiger partial charge in [-0.2, -0.15) is 0 Å². The van der Waals surface area contributed by atoms with Crippen LogP contribution in [0.3, 0.4) is 0 Å². The molecule has 0 heterocycles. The molecule has 0 aromatic heterocycles. The standard InChI is InChI=1S/C16H16Cl2O3S/c1-16(19,13-5-3-2-4-6-13)11-22(20,21)10-12-7-8-14(17)9-15(12)18/h2-9,19H,10-11H2,1H3/t16-/m1/s1. The van der Waals surface area contributed by atoms with Crippen LogP contribution >= 0.6 is 23.2 Å². The van der Waals surface area contributed by atoms with Crippen LogP contribution in [0.4, 0.5) is 0 Å². The average Bonchev–Trinajstić information content (AvgIpc) is 2.42. The monoisotopic (exact) mass is 358 g/mol. The Labute approximate surface area is 140 Å². The quantitative estimate of drug-likeness (QED) is 0.883. The SMILES string of the molecule is C[C@@](O)(CS(=O)(=O)Cc1ccc(Cl)cc1Cl)c1ccccc1. The van der Waals surface area contributed by atoms with Crippen molar-refractivity contribution in [2.24, 2.45) is 0 Å². The third kappa shape index (κ3) is 4.46. The molecule has 2 aromatic carbocycles. The van der Waals surface area contributed by atoms with Crippen molar-refractivity contribution >= 4 is 33.0 Å². The second kappa shape index (κ2) is 6.59. The highest BCUT2D eigenvalue weighted by Gasteiger charge is 2.30. The zero-order valence-corrected chi connectivity index (χ0v) is 14.3. The third-order valence-electron chi connectivity index (χ3n) is 3.29. The van der Waals surface area contributed by atoms with E-state index in [1.165, 1.54) is 13.0 Å². The van der Waals surface area contributed by atoms with E-state index in [0.717, 1.165) is 0 Å². The van der Waals surface area contributed by atoms with Gasteiger partial charge in [-0.25, -0.2) is 8.42 Å². The minimum atomic E-state index is -3.55. The molecular formula is C16H16Cl2O3S. The fourth-order valence-corrected chi connectivity index (χ4v) is 4.64. The summed E-state index contributed by atoms with van der Waals surface area (Å²) in [7, 11) is -3.55. The maximum Gasteiger partial charge on any atom is 0.157 e. The van der Waals surface area contributed by atoms with Crippen molar-refractivity contribution in [1.29, 1.82) is 0 Å². The van der Waals surface area contributed by atoms with Crippen molar-refractivity contribution in [1.82, 2.24) is 0 Å². The summed E-state index contributed by atoms with van der Waals surface area (Å²) < 4.78 is 24.7. The molecule has 6 heteroatoms. The van der Waals surface area contributed by atoms with Gasteiger partial charge in [0.05, 0.1) is 11.5 Å². The van der Waals surface area contributed by atoms with Gasteiger partial charge in [-0.1, -0.05) is 59.6 Å². The Morgan fingerprint density at radius 2 is 1.73 bits per heavy atom. The molecule has 0 bridgehead atoms. The van der Waals surface area contributed by atoms with Crippen molar-refractivity contribution in [3.63, 3.8) is 0 Å². The highest BCUT2D eigenvalue weighted by molar-refractivity contribution is 7.90. The molecule has 2 aromatic rings. The van der Waals surface area contributed by atoms with Gasteiger partial charge in [0, 0.05) is 10.0 Å². The van der Waals surface area contributed by atoms with Gasteiger partial charge in [0.2, 0.25) is 0 Å². The Hall–Kier alpha value is -1.07. The normalized spacial score (nSPS) is 14.5. The second-order valence-electron chi connectivity index (χ2n) is 5.41. The van der Waals surface area contributed by atoms with Gasteiger partial charge in [-0.15, -0.1) is 0 Å². The van der Waals surface area contributed by atoms with Crippen LogP contribution in [-0.4, -0.2) is 19.3 Å². The maximum absolute atomic E-state index is 12.4. The molecule has 2 rings (SSSR count). The molecule has 0 aliphatic rings. The topological polar surface area (TPSA) is 54.4 Å². The van der Waals surface area contributed by atoms with E-state index in [2.05, 4.69) is 0 Å². The summed E-state index contributed by atoms with van der Waals surface area (Å²) in [5.41, 5.74) is -0.436. The number of aliphatic hydroxyl groups is 1. The van der Waals surface area contributed by atoms with Crippen LogP contribution in [0.15, 0.2) is 48.5 Å². The van der Waals surface area contributed by atoms with E-state index in [1.807, 2.05) is 6.07 Å². The highest BCUT2D eigenvalue weighted by Crippen LogP contribution is 2.27. The molecule has 0 spiro atoms. The fourth-order valence-electron chi connectivity index (χ4n) is 2.24. The molecule has 0 unspecified atom stereocenters. The van der Waals surface area contributed by atoms with Gasteiger partial charge >= 0.3 is 0 Å². The molecule has 1 atom stereocenters. The lowest BCUT2D eigenvalue weighted by Crippen LogP contribution is -2.31. The largest absolute Gasteiger partial charge is 0.384 e. The molecule has 22 heavy (non-hydrogen) atoms. The zero-order chi connectivity index (χ0) is 16.4. The van der Waals surface area contributed by atoms with Crippen molar-refractivity contribution < 1.29 is 13.5 Å². The minimum absolute atomic E-state index is 0.244. The summed E-state index contributed by atoms with van der Waals surface area (Å²) >= 11 is 11.8. The minimum Gasteiger partial charge on any atom is -0.384 e. The summed E-state index contributed by atoms with van der Waals surface area (Å²) in [5.74, 6) is -0.630. The number of sulfone groups is 1. The predicted molar refractivity (Wildman–Crippen MR) is 90.0 cm³/mol. The summed E-state index contributed by atoms with van der Waals surface area (Å²) in [6, 6.07) is 13.4. The van der Waals surface area contributed by atoms with Gasteiger partial charge < -0.3 is 5.11 Å². The number of rotatable bonds is 5. The first-order valence-electron chi connectivity index (χ1n) is 6.62. The summed E-state index contributed by atoms with van der Waals surface area (Å²) in [4.78, 5) is 0. The van der Waals surface area contributed by atoms with Crippen LogP contribution in [-0.2, 0) is 21.2 Å². The van der Waals surface area contributed by atoms with Crippen LogP contribution < -0.4 is 0 Å². The predicted octanol–water partition coefficient (Wildman–Crippen LogP) is 3.82. The van der Waals surface area contributed by atoms with Gasteiger partial charge in [0.1, 0.15) is 5.60 Å². The van der Waals surface area contributed by atoms with E-state index < -0.39 is 15.4 Å². The van der Waals surface area contributed by atoms with Crippen molar-refractivity contribution in [3.05, 3.63) is 69.7 Å². The molecule has 0 saturated carbocycles. The first-order valence-corrected chi connectivity index (χ1v) is 9.20. The second-order valence-corrected chi connectivity index (χ2v) is 8.32. The van der Waals surface area contributed by atoms with Gasteiger partial charge in [0.15, 0.2) is 9.84 Å². The van der Waals surface area contributed by atoms with Crippen molar-refractivity contribution in [2.45, 2.75) is 18.3 Å². The zero-order valence-electron chi connectivity index (χ0n) is 12.0. The van der Waals surface area contributed by atoms with E-state index >= 15 is 0 Å². The number of benzene rings is 2. The lowest BCUT2D eigenvalue weighted by atomic mass is 9.99. The molecule has 0 amide bonds. The van der Waals surface area contributed by atoms with Crippen LogP contribution in [0.1, 0.15) is 18.1 Å². The Kier molecular flexibility index (Phi) is 5.17. The third-order valence-corrected chi connectivity index (χ3v) is 5.63. The van der Waals surface area contributed by atoms with E-state index in [9.17, 15) is 13.5 Å². The van der Waals surface area contributed by atoms with E-state index in [-0.39, 0.29) is 11.5 Å². The number of hydrogen-bond acceptors (Lipinski definition) is 3. The van der Waals surface area contributed by atoms with Crippen molar-refractivity contribution in [3.8, 4) is 0 Å². The molecule has 0 radical (unpaired) electrons. The first kappa shape index (κ1) is 17.3. The average molecular weight is 359 g/mol. The highest BCUT2D eigenvalue weighted by atomic mass is 35.5. The molecule has 1 N–H and O–H groups in total. The summed E-state index contributed by atoms with van der Waals surface area (Å²) in [5, 5.41) is 11.2. The van der Waals surface area contributed by atoms with Gasteiger partial charge in [-0.3, -0.25) is 0 Å². The lowest BCUT2D eigenvalue weighted by Gasteiger charge is -2.23. The Bertz CT molecular complexity index is 756. The molecule has 0 fully saturated rings. The Balaban J connectivity index is 2.21. The Morgan fingerprint density at radius 1 is 1.09 bits per heavy atom. The molecule has 3 nitrogen and oxygen atoms in total. The van der Waals surface area contributed by atoms with E-state index in [0.29, 0.717) is 21.2 Å².